The summed E-state index contributed by atoms with van der Waals surface area (Å²) in [5.41, 5.74) is 0.743. The SMILES string of the molecule is O=COc1ccccc1-n1cc(I)cn1. The molecule has 1 aromatic heterocycles. The number of hydrogen-bond donors (Lipinski definition) is 0. The Morgan fingerprint density at radius 2 is 2.20 bits per heavy atom. The fourth-order valence-electron chi connectivity index (χ4n) is 1.23. The van der Waals surface area contributed by atoms with E-state index in [0.29, 0.717) is 12.2 Å². The minimum absolute atomic E-state index is 0.410. The van der Waals surface area contributed by atoms with Crippen molar-refractivity contribution in [2.75, 3.05) is 0 Å². The Hall–Kier alpha value is -1.37. The van der Waals surface area contributed by atoms with Crippen LogP contribution in [0.4, 0.5) is 0 Å². The zero-order chi connectivity index (χ0) is 10.7. The van der Waals surface area contributed by atoms with Crippen LogP contribution in [0.25, 0.3) is 5.69 Å². The molecule has 0 unspecified atom stereocenters. The summed E-state index contributed by atoms with van der Waals surface area (Å²) in [4.78, 5) is 10.3. The van der Waals surface area contributed by atoms with Crippen molar-refractivity contribution >= 4 is 29.1 Å². The van der Waals surface area contributed by atoms with Crippen LogP contribution in [-0.4, -0.2) is 16.3 Å². The number of carbonyl (C=O) groups excluding carboxylic acids is 1. The van der Waals surface area contributed by atoms with Crippen LogP contribution in [0, 0.1) is 3.57 Å². The van der Waals surface area contributed by atoms with E-state index in [1.165, 1.54) is 0 Å². The van der Waals surface area contributed by atoms with Gasteiger partial charge in [0.15, 0.2) is 5.75 Å². The van der Waals surface area contributed by atoms with Crippen LogP contribution in [0.15, 0.2) is 36.7 Å². The average Bonchev–Trinajstić information content (AvgIpc) is 2.66. The summed E-state index contributed by atoms with van der Waals surface area (Å²) in [5.74, 6) is 0.493. The summed E-state index contributed by atoms with van der Waals surface area (Å²) < 4.78 is 7.55. The van der Waals surface area contributed by atoms with Gasteiger partial charge in [0, 0.05) is 6.20 Å². The number of ether oxygens (including phenoxy) is 1. The van der Waals surface area contributed by atoms with Crippen LogP contribution < -0.4 is 4.74 Å². The van der Waals surface area contributed by atoms with Crippen molar-refractivity contribution in [2.24, 2.45) is 0 Å². The number of benzene rings is 1. The Kier molecular flexibility index (Phi) is 3.00. The molecule has 0 radical (unpaired) electrons. The molecule has 0 aliphatic rings. The second-order valence-corrected chi connectivity index (χ2v) is 4.03. The van der Waals surface area contributed by atoms with E-state index >= 15 is 0 Å². The molecule has 0 bridgehead atoms. The smallest absolute Gasteiger partial charge is 0.298 e. The molecule has 2 rings (SSSR count). The number of para-hydroxylation sites is 2. The van der Waals surface area contributed by atoms with Gasteiger partial charge in [-0.25, -0.2) is 4.68 Å². The van der Waals surface area contributed by atoms with Crippen LogP contribution in [0.5, 0.6) is 5.75 Å². The predicted octanol–water partition coefficient (Wildman–Crippen LogP) is 2.01. The first kappa shape index (κ1) is 10.2. The molecule has 5 heteroatoms. The van der Waals surface area contributed by atoms with Gasteiger partial charge in [-0.15, -0.1) is 0 Å². The summed E-state index contributed by atoms with van der Waals surface area (Å²) in [6.45, 7) is 0.410. The van der Waals surface area contributed by atoms with Crippen molar-refractivity contribution in [3.8, 4) is 11.4 Å². The lowest BCUT2D eigenvalue weighted by atomic mass is 10.3. The number of aromatic nitrogens is 2. The highest BCUT2D eigenvalue weighted by molar-refractivity contribution is 14.1. The first-order valence-corrected chi connectivity index (χ1v) is 5.29. The van der Waals surface area contributed by atoms with E-state index in [-0.39, 0.29) is 0 Å². The molecular formula is C10H7IN2O2. The normalized spacial score (nSPS) is 9.93. The van der Waals surface area contributed by atoms with E-state index in [2.05, 4.69) is 27.7 Å². The van der Waals surface area contributed by atoms with E-state index in [9.17, 15) is 4.79 Å². The Morgan fingerprint density at radius 3 is 2.87 bits per heavy atom. The highest BCUT2D eigenvalue weighted by atomic mass is 127. The lowest BCUT2D eigenvalue weighted by molar-refractivity contribution is -0.120. The van der Waals surface area contributed by atoms with Crippen LogP contribution in [0.1, 0.15) is 0 Å². The zero-order valence-corrected chi connectivity index (χ0v) is 9.79. The standard InChI is InChI=1S/C10H7IN2O2/c11-8-5-12-13(6-8)9-3-1-2-4-10(9)15-7-14/h1-7H. The minimum Gasteiger partial charge on any atom is -0.426 e. The molecule has 0 fully saturated rings. The number of rotatable bonds is 3. The molecule has 1 aromatic carbocycles. The maximum Gasteiger partial charge on any atom is 0.298 e. The van der Waals surface area contributed by atoms with Gasteiger partial charge in [-0.3, -0.25) is 4.79 Å². The zero-order valence-electron chi connectivity index (χ0n) is 7.63. The second kappa shape index (κ2) is 4.43. The van der Waals surface area contributed by atoms with E-state index in [0.717, 1.165) is 9.26 Å². The summed E-state index contributed by atoms with van der Waals surface area (Å²) in [5, 5.41) is 4.14. The summed E-state index contributed by atoms with van der Waals surface area (Å²) in [6, 6.07) is 7.22. The van der Waals surface area contributed by atoms with Crippen LogP contribution >= 0.6 is 22.6 Å². The van der Waals surface area contributed by atoms with Gasteiger partial charge in [0.2, 0.25) is 0 Å². The molecule has 1 heterocycles. The lowest BCUT2D eigenvalue weighted by Crippen LogP contribution is -1.99. The molecule has 0 atom stereocenters. The summed E-state index contributed by atoms with van der Waals surface area (Å²) in [6.07, 6.45) is 3.59. The molecule has 2 aromatic rings. The molecule has 0 saturated carbocycles. The van der Waals surface area contributed by atoms with E-state index < -0.39 is 0 Å². The number of nitrogens with zero attached hydrogens (tertiary/aromatic N) is 2. The van der Waals surface area contributed by atoms with Crippen LogP contribution in [0.2, 0.25) is 0 Å². The summed E-state index contributed by atoms with van der Waals surface area (Å²) in [7, 11) is 0. The number of carbonyl (C=O) groups is 1. The van der Waals surface area contributed by atoms with Gasteiger partial charge in [0.25, 0.3) is 6.47 Å². The maximum atomic E-state index is 10.3. The van der Waals surface area contributed by atoms with Crippen molar-refractivity contribution < 1.29 is 9.53 Å². The molecule has 0 N–H and O–H groups in total. The molecule has 4 nitrogen and oxygen atoms in total. The third-order valence-electron chi connectivity index (χ3n) is 1.84. The molecule has 0 saturated heterocycles. The van der Waals surface area contributed by atoms with Crippen molar-refractivity contribution in [3.63, 3.8) is 0 Å². The third-order valence-corrected chi connectivity index (χ3v) is 2.40. The average molecular weight is 314 g/mol. The molecule has 0 spiro atoms. The van der Waals surface area contributed by atoms with Gasteiger partial charge in [0.1, 0.15) is 5.69 Å². The van der Waals surface area contributed by atoms with Crippen LogP contribution in [0.3, 0.4) is 0 Å². The van der Waals surface area contributed by atoms with E-state index in [4.69, 9.17) is 4.74 Å². The number of halogens is 1. The fourth-order valence-corrected chi connectivity index (χ4v) is 1.62. The molecule has 15 heavy (non-hydrogen) atoms. The van der Waals surface area contributed by atoms with Crippen molar-refractivity contribution in [3.05, 3.63) is 40.2 Å². The monoisotopic (exact) mass is 314 g/mol. The van der Waals surface area contributed by atoms with E-state index in [1.807, 2.05) is 18.3 Å². The number of hydrogen-bond acceptors (Lipinski definition) is 3. The topological polar surface area (TPSA) is 44.1 Å². The van der Waals surface area contributed by atoms with Crippen molar-refractivity contribution in [1.29, 1.82) is 0 Å². The van der Waals surface area contributed by atoms with Gasteiger partial charge < -0.3 is 4.74 Å². The summed E-state index contributed by atoms with van der Waals surface area (Å²) >= 11 is 2.17. The van der Waals surface area contributed by atoms with Crippen LogP contribution in [-0.2, 0) is 4.79 Å². The molecule has 0 aliphatic carbocycles. The highest BCUT2D eigenvalue weighted by Gasteiger charge is 2.05. The second-order valence-electron chi connectivity index (χ2n) is 2.78. The maximum absolute atomic E-state index is 10.3. The lowest BCUT2D eigenvalue weighted by Gasteiger charge is -2.05. The molecule has 76 valence electrons. The Labute approximate surface area is 100.0 Å². The predicted molar refractivity (Wildman–Crippen MR) is 63.0 cm³/mol. The first-order valence-electron chi connectivity index (χ1n) is 4.21. The molecular weight excluding hydrogens is 307 g/mol. The first-order chi connectivity index (χ1) is 7.31. The largest absolute Gasteiger partial charge is 0.426 e. The minimum atomic E-state index is 0.410. The Balaban J connectivity index is 2.47. The molecule has 0 aliphatic heterocycles. The van der Waals surface area contributed by atoms with Crippen molar-refractivity contribution in [2.45, 2.75) is 0 Å². The quantitative estimate of drug-likeness (QED) is 0.643. The van der Waals surface area contributed by atoms with Crippen molar-refractivity contribution in [1.82, 2.24) is 9.78 Å². The third kappa shape index (κ3) is 2.17. The van der Waals surface area contributed by atoms with Gasteiger partial charge >= 0.3 is 0 Å². The Bertz CT molecular complexity index is 482. The van der Waals surface area contributed by atoms with Gasteiger partial charge in [-0.1, -0.05) is 12.1 Å². The van der Waals surface area contributed by atoms with Gasteiger partial charge in [0.05, 0.1) is 9.77 Å². The highest BCUT2D eigenvalue weighted by Crippen LogP contribution is 2.21. The van der Waals surface area contributed by atoms with Gasteiger partial charge in [-0.2, -0.15) is 5.10 Å². The fraction of sp³-hybridized carbons (Fsp3) is 0. The van der Waals surface area contributed by atoms with Gasteiger partial charge in [-0.05, 0) is 34.7 Å². The Morgan fingerprint density at radius 1 is 1.40 bits per heavy atom. The van der Waals surface area contributed by atoms with E-state index in [1.54, 1.807) is 23.0 Å². The molecule has 0 amide bonds.